The van der Waals surface area contributed by atoms with Crippen molar-refractivity contribution in [2.75, 3.05) is 6.54 Å². The Morgan fingerprint density at radius 1 is 1.06 bits per heavy atom. The van der Waals surface area contributed by atoms with Crippen molar-refractivity contribution in [2.24, 2.45) is 29.6 Å². The summed E-state index contributed by atoms with van der Waals surface area (Å²) in [7, 11) is 0. The van der Waals surface area contributed by atoms with E-state index in [0.29, 0.717) is 6.04 Å². The Labute approximate surface area is 108 Å². The lowest BCUT2D eigenvalue weighted by atomic mass is 9.78. The molecular formula is C16H31N. The minimum Gasteiger partial charge on any atom is -0.314 e. The number of hydrogen-bond donors (Lipinski definition) is 1. The van der Waals surface area contributed by atoms with Crippen LogP contribution in [0.2, 0.25) is 0 Å². The van der Waals surface area contributed by atoms with E-state index in [1.165, 1.54) is 25.8 Å². The van der Waals surface area contributed by atoms with E-state index in [0.717, 1.165) is 29.6 Å². The standard InChI is InChI=1S/C16H31N/c1-11(2)16(10-17-12(3)4)9-15-8-13-5-6-14(15)7-13/h11-17H,5-10H2,1-4H3. The van der Waals surface area contributed by atoms with Crippen LogP contribution in [0.3, 0.4) is 0 Å². The molecule has 1 heteroatoms. The van der Waals surface area contributed by atoms with Crippen molar-refractivity contribution >= 4 is 0 Å². The predicted octanol–water partition coefficient (Wildman–Crippen LogP) is 4.08. The predicted molar refractivity (Wildman–Crippen MR) is 75.0 cm³/mol. The van der Waals surface area contributed by atoms with E-state index in [4.69, 9.17) is 0 Å². The molecule has 100 valence electrons. The molecule has 0 saturated heterocycles. The SMILES string of the molecule is CC(C)NCC(CC1CC2CCC1C2)C(C)C. The van der Waals surface area contributed by atoms with Crippen molar-refractivity contribution in [2.45, 2.75) is 65.8 Å². The summed E-state index contributed by atoms with van der Waals surface area (Å²) >= 11 is 0. The Balaban J connectivity index is 1.81. The van der Waals surface area contributed by atoms with Gasteiger partial charge in [-0.3, -0.25) is 0 Å². The average Bonchev–Trinajstić information content (AvgIpc) is 2.84. The molecule has 2 aliphatic rings. The van der Waals surface area contributed by atoms with Crippen LogP contribution in [-0.2, 0) is 0 Å². The van der Waals surface area contributed by atoms with Gasteiger partial charge in [-0.15, -0.1) is 0 Å². The van der Waals surface area contributed by atoms with Crippen molar-refractivity contribution in [1.29, 1.82) is 0 Å². The van der Waals surface area contributed by atoms with Gasteiger partial charge < -0.3 is 5.32 Å². The molecule has 17 heavy (non-hydrogen) atoms. The first-order valence-corrected chi connectivity index (χ1v) is 7.79. The Morgan fingerprint density at radius 2 is 1.82 bits per heavy atom. The smallest absolute Gasteiger partial charge is 0.00104 e. The molecule has 0 radical (unpaired) electrons. The van der Waals surface area contributed by atoms with Gasteiger partial charge in [-0.05, 0) is 61.8 Å². The normalized spacial score (nSPS) is 33.9. The molecule has 0 spiro atoms. The van der Waals surface area contributed by atoms with Crippen LogP contribution in [0.15, 0.2) is 0 Å². The Kier molecular flexibility index (Phi) is 4.52. The molecular weight excluding hydrogens is 206 g/mol. The van der Waals surface area contributed by atoms with E-state index in [2.05, 4.69) is 33.0 Å². The summed E-state index contributed by atoms with van der Waals surface area (Å²) in [5.74, 6) is 4.99. The molecule has 4 atom stereocenters. The van der Waals surface area contributed by atoms with Crippen LogP contribution >= 0.6 is 0 Å². The van der Waals surface area contributed by atoms with Gasteiger partial charge >= 0.3 is 0 Å². The first-order valence-electron chi connectivity index (χ1n) is 7.79. The summed E-state index contributed by atoms with van der Waals surface area (Å²) in [6.45, 7) is 10.5. The fraction of sp³-hybridized carbons (Fsp3) is 1.00. The lowest BCUT2D eigenvalue weighted by Crippen LogP contribution is -2.33. The summed E-state index contributed by atoms with van der Waals surface area (Å²) in [5.41, 5.74) is 0. The highest BCUT2D eigenvalue weighted by molar-refractivity contribution is 4.91. The first-order chi connectivity index (χ1) is 8.06. The van der Waals surface area contributed by atoms with E-state index in [9.17, 15) is 0 Å². The van der Waals surface area contributed by atoms with Crippen molar-refractivity contribution in [3.8, 4) is 0 Å². The van der Waals surface area contributed by atoms with Gasteiger partial charge in [0, 0.05) is 6.04 Å². The molecule has 2 bridgehead atoms. The van der Waals surface area contributed by atoms with E-state index >= 15 is 0 Å². The zero-order valence-electron chi connectivity index (χ0n) is 12.2. The molecule has 4 unspecified atom stereocenters. The lowest BCUT2D eigenvalue weighted by Gasteiger charge is -2.29. The maximum absolute atomic E-state index is 3.64. The molecule has 1 N–H and O–H groups in total. The fourth-order valence-electron chi connectivity index (χ4n) is 4.03. The second kappa shape index (κ2) is 5.73. The molecule has 2 rings (SSSR count). The second-order valence-electron chi connectivity index (χ2n) is 7.24. The van der Waals surface area contributed by atoms with Gasteiger partial charge in [-0.25, -0.2) is 0 Å². The zero-order chi connectivity index (χ0) is 12.4. The largest absolute Gasteiger partial charge is 0.314 e. The first kappa shape index (κ1) is 13.4. The van der Waals surface area contributed by atoms with E-state index in [1.54, 1.807) is 12.8 Å². The number of nitrogens with one attached hydrogen (secondary N) is 1. The van der Waals surface area contributed by atoms with E-state index in [1.807, 2.05) is 0 Å². The van der Waals surface area contributed by atoms with Gasteiger partial charge in [0.15, 0.2) is 0 Å². The molecule has 2 aliphatic carbocycles. The lowest BCUT2D eigenvalue weighted by molar-refractivity contribution is 0.224. The molecule has 0 heterocycles. The molecule has 2 fully saturated rings. The van der Waals surface area contributed by atoms with Crippen LogP contribution in [0, 0.1) is 29.6 Å². The number of fused-ring (bicyclic) bond motifs is 2. The minimum atomic E-state index is 0.635. The van der Waals surface area contributed by atoms with E-state index in [-0.39, 0.29) is 0 Å². The zero-order valence-corrected chi connectivity index (χ0v) is 12.2. The molecule has 1 nitrogen and oxygen atoms in total. The third-order valence-electron chi connectivity index (χ3n) is 5.22. The maximum Gasteiger partial charge on any atom is 0.00104 e. The van der Waals surface area contributed by atoms with Gasteiger partial charge in [0.25, 0.3) is 0 Å². The molecule has 0 aliphatic heterocycles. The van der Waals surface area contributed by atoms with Crippen molar-refractivity contribution in [3.63, 3.8) is 0 Å². The quantitative estimate of drug-likeness (QED) is 0.734. The summed E-state index contributed by atoms with van der Waals surface area (Å²) in [6, 6.07) is 0.635. The summed E-state index contributed by atoms with van der Waals surface area (Å²) in [4.78, 5) is 0. The van der Waals surface area contributed by atoms with Crippen LogP contribution in [-0.4, -0.2) is 12.6 Å². The van der Waals surface area contributed by atoms with Gasteiger partial charge in [-0.1, -0.05) is 34.1 Å². The van der Waals surface area contributed by atoms with E-state index < -0.39 is 0 Å². The van der Waals surface area contributed by atoms with Crippen LogP contribution in [0.1, 0.15) is 59.8 Å². The van der Waals surface area contributed by atoms with Crippen molar-refractivity contribution in [1.82, 2.24) is 5.32 Å². The second-order valence-corrected chi connectivity index (χ2v) is 7.24. The number of rotatable bonds is 6. The Bertz CT molecular complexity index is 234. The van der Waals surface area contributed by atoms with Crippen molar-refractivity contribution < 1.29 is 0 Å². The van der Waals surface area contributed by atoms with Crippen LogP contribution < -0.4 is 5.32 Å². The Hall–Kier alpha value is -0.0400. The molecule has 0 aromatic carbocycles. The third kappa shape index (κ3) is 3.47. The van der Waals surface area contributed by atoms with Gasteiger partial charge in [0.2, 0.25) is 0 Å². The fourth-order valence-corrected chi connectivity index (χ4v) is 4.03. The molecule has 0 aromatic rings. The van der Waals surface area contributed by atoms with Crippen LogP contribution in [0.5, 0.6) is 0 Å². The summed E-state index contributed by atoms with van der Waals surface area (Å²) in [6.07, 6.45) is 7.68. The van der Waals surface area contributed by atoms with Crippen LogP contribution in [0.4, 0.5) is 0 Å². The van der Waals surface area contributed by atoms with Gasteiger partial charge in [0.1, 0.15) is 0 Å². The molecule has 2 saturated carbocycles. The van der Waals surface area contributed by atoms with Gasteiger partial charge in [0.05, 0.1) is 0 Å². The average molecular weight is 237 g/mol. The number of hydrogen-bond acceptors (Lipinski definition) is 1. The Morgan fingerprint density at radius 3 is 2.29 bits per heavy atom. The summed E-state index contributed by atoms with van der Waals surface area (Å²) in [5, 5.41) is 3.64. The topological polar surface area (TPSA) is 12.0 Å². The summed E-state index contributed by atoms with van der Waals surface area (Å²) < 4.78 is 0. The van der Waals surface area contributed by atoms with Crippen LogP contribution in [0.25, 0.3) is 0 Å². The molecule has 0 aromatic heterocycles. The highest BCUT2D eigenvalue weighted by Crippen LogP contribution is 2.50. The van der Waals surface area contributed by atoms with Gasteiger partial charge in [-0.2, -0.15) is 0 Å². The third-order valence-corrected chi connectivity index (χ3v) is 5.22. The minimum absolute atomic E-state index is 0.635. The highest BCUT2D eigenvalue weighted by atomic mass is 14.9. The monoisotopic (exact) mass is 237 g/mol. The maximum atomic E-state index is 3.64. The molecule has 0 amide bonds. The highest BCUT2D eigenvalue weighted by Gasteiger charge is 2.40. The van der Waals surface area contributed by atoms with Crippen molar-refractivity contribution in [3.05, 3.63) is 0 Å².